The molecule has 0 aliphatic heterocycles. The fourth-order valence-electron chi connectivity index (χ4n) is 3.43. The molecule has 6 heteroatoms. The number of nitrogens with one attached hydrogen (secondary N) is 1. The molecule has 0 radical (unpaired) electrons. The Morgan fingerprint density at radius 3 is 2.26 bits per heavy atom. The first kappa shape index (κ1) is 24.7. The maximum absolute atomic E-state index is 13.3. The lowest BCUT2D eigenvalue weighted by molar-refractivity contribution is -0.143. The molecule has 5 nitrogen and oxygen atoms in total. The van der Waals surface area contributed by atoms with Crippen molar-refractivity contribution in [3.8, 4) is 5.75 Å². The van der Waals surface area contributed by atoms with Crippen LogP contribution in [0.15, 0.2) is 42.5 Å². The summed E-state index contributed by atoms with van der Waals surface area (Å²) in [7, 11) is 0. The second kappa shape index (κ2) is 10.7. The monoisotopic (exact) mass is 444 g/mol. The van der Waals surface area contributed by atoms with Crippen LogP contribution in [-0.4, -0.2) is 34.9 Å². The predicted molar refractivity (Wildman–Crippen MR) is 125 cm³/mol. The number of aryl methyl sites for hydroxylation is 2. The van der Waals surface area contributed by atoms with Crippen LogP contribution in [0.3, 0.4) is 0 Å². The van der Waals surface area contributed by atoms with E-state index in [1.807, 2.05) is 77.9 Å². The van der Waals surface area contributed by atoms with E-state index in [-0.39, 0.29) is 25.0 Å². The summed E-state index contributed by atoms with van der Waals surface area (Å²) in [5, 5.41) is 3.55. The van der Waals surface area contributed by atoms with Gasteiger partial charge in [-0.3, -0.25) is 9.59 Å². The van der Waals surface area contributed by atoms with E-state index >= 15 is 0 Å². The first-order valence-electron chi connectivity index (χ1n) is 10.6. The number of amides is 2. The minimum absolute atomic E-state index is 0.160. The lowest BCUT2D eigenvalue weighted by atomic mass is 10.1. The van der Waals surface area contributed by atoms with E-state index in [0.717, 1.165) is 16.7 Å². The zero-order valence-electron chi connectivity index (χ0n) is 19.3. The van der Waals surface area contributed by atoms with Crippen LogP contribution >= 0.6 is 11.6 Å². The first-order valence-corrected chi connectivity index (χ1v) is 10.9. The predicted octanol–water partition coefficient (Wildman–Crippen LogP) is 5.06. The number of carbonyl (C=O) groups excluding carboxylic acids is 2. The Morgan fingerprint density at radius 2 is 1.71 bits per heavy atom. The van der Waals surface area contributed by atoms with E-state index in [1.54, 1.807) is 11.0 Å². The van der Waals surface area contributed by atoms with Crippen molar-refractivity contribution in [3.05, 3.63) is 64.2 Å². The van der Waals surface area contributed by atoms with Gasteiger partial charge in [-0.25, -0.2) is 0 Å². The summed E-state index contributed by atoms with van der Waals surface area (Å²) in [5.41, 5.74) is 2.50. The average molecular weight is 445 g/mol. The zero-order chi connectivity index (χ0) is 23.2. The van der Waals surface area contributed by atoms with E-state index in [1.165, 1.54) is 0 Å². The van der Waals surface area contributed by atoms with Crippen LogP contribution in [0.4, 0.5) is 0 Å². The van der Waals surface area contributed by atoms with Gasteiger partial charge < -0.3 is 15.0 Å². The molecule has 1 unspecified atom stereocenters. The van der Waals surface area contributed by atoms with Crippen molar-refractivity contribution in [2.75, 3.05) is 6.61 Å². The molecule has 0 heterocycles. The van der Waals surface area contributed by atoms with Crippen LogP contribution in [0.5, 0.6) is 5.75 Å². The topological polar surface area (TPSA) is 58.6 Å². The van der Waals surface area contributed by atoms with E-state index in [2.05, 4.69) is 5.32 Å². The van der Waals surface area contributed by atoms with Gasteiger partial charge in [0.15, 0.2) is 6.61 Å². The Balaban J connectivity index is 2.27. The van der Waals surface area contributed by atoms with Crippen molar-refractivity contribution in [1.82, 2.24) is 10.2 Å². The maximum Gasteiger partial charge on any atom is 0.261 e. The van der Waals surface area contributed by atoms with E-state index < -0.39 is 11.6 Å². The number of hydrogen-bond donors (Lipinski definition) is 1. The Bertz CT molecular complexity index is 901. The van der Waals surface area contributed by atoms with Gasteiger partial charge in [0.05, 0.1) is 0 Å². The first-order chi connectivity index (χ1) is 14.5. The van der Waals surface area contributed by atoms with Crippen molar-refractivity contribution in [3.63, 3.8) is 0 Å². The van der Waals surface area contributed by atoms with Crippen LogP contribution in [0.2, 0.25) is 5.02 Å². The minimum Gasteiger partial charge on any atom is -0.484 e. The van der Waals surface area contributed by atoms with Crippen LogP contribution in [0, 0.1) is 13.8 Å². The molecular formula is C25H33ClN2O3. The summed E-state index contributed by atoms with van der Waals surface area (Å²) in [4.78, 5) is 27.8. The van der Waals surface area contributed by atoms with Crippen molar-refractivity contribution < 1.29 is 14.3 Å². The molecule has 0 fully saturated rings. The van der Waals surface area contributed by atoms with Crippen molar-refractivity contribution in [2.45, 2.75) is 66.1 Å². The van der Waals surface area contributed by atoms with Crippen LogP contribution in [0.1, 0.15) is 50.8 Å². The quantitative estimate of drug-likeness (QED) is 0.619. The van der Waals surface area contributed by atoms with Crippen molar-refractivity contribution in [2.24, 2.45) is 0 Å². The van der Waals surface area contributed by atoms with Gasteiger partial charge in [-0.1, -0.05) is 42.8 Å². The maximum atomic E-state index is 13.3. The number of hydrogen-bond acceptors (Lipinski definition) is 3. The van der Waals surface area contributed by atoms with Gasteiger partial charge in [-0.05, 0) is 75.9 Å². The lowest BCUT2D eigenvalue weighted by Crippen LogP contribution is -2.54. The van der Waals surface area contributed by atoms with Crippen LogP contribution in [0.25, 0.3) is 0 Å². The summed E-state index contributed by atoms with van der Waals surface area (Å²) < 4.78 is 5.80. The third-order valence-electron chi connectivity index (χ3n) is 4.74. The molecule has 168 valence electrons. The van der Waals surface area contributed by atoms with Crippen LogP contribution in [-0.2, 0) is 16.1 Å². The van der Waals surface area contributed by atoms with Gasteiger partial charge in [0, 0.05) is 17.1 Å². The average Bonchev–Trinajstić information content (AvgIpc) is 2.65. The number of rotatable bonds is 8. The second-order valence-electron chi connectivity index (χ2n) is 8.89. The molecule has 2 amide bonds. The van der Waals surface area contributed by atoms with Gasteiger partial charge in [0.25, 0.3) is 5.91 Å². The molecule has 0 bridgehead atoms. The molecule has 2 rings (SSSR count). The number of halogens is 1. The van der Waals surface area contributed by atoms with Crippen LogP contribution < -0.4 is 10.1 Å². The molecule has 1 N–H and O–H groups in total. The van der Waals surface area contributed by atoms with E-state index in [4.69, 9.17) is 16.3 Å². The lowest BCUT2D eigenvalue weighted by Gasteiger charge is -2.33. The smallest absolute Gasteiger partial charge is 0.261 e. The molecule has 0 saturated carbocycles. The highest BCUT2D eigenvalue weighted by atomic mass is 35.5. The Hall–Kier alpha value is -2.53. The van der Waals surface area contributed by atoms with Crippen molar-refractivity contribution >= 4 is 23.4 Å². The highest BCUT2D eigenvalue weighted by Gasteiger charge is 2.31. The molecule has 2 aromatic carbocycles. The van der Waals surface area contributed by atoms with E-state index in [0.29, 0.717) is 17.2 Å². The van der Waals surface area contributed by atoms with Crippen molar-refractivity contribution in [1.29, 1.82) is 0 Å². The Kier molecular flexibility index (Phi) is 8.52. The SMILES string of the molecule is CCC(C(=O)NC(C)(C)C)N(Cc1ccccc1Cl)C(=O)COc1cc(C)cc(C)c1. The zero-order valence-corrected chi connectivity index (χ0v) is 20.0. The summed E-state index contributed by atoms with van der Waals surface area (Å²) in [6, 6.07) is 12.5. The van der Waals surface area contributed by atoms with Gasteiger partial charge in [0.1, 0.15) is 11.8 Å². The molecule has 0 aromatic heterocycles. The van der Waals surface area contributed by atoms with Gasteiger partial charge in [0.2, 0.25) is 5.91 Å². The highest BCUT2D eigenvalue weighted by Crippen LogP contribution is 2.21. The molecule has 0 aliphatic rings. The number of benzene rings is 2. The largest absolute Gasteiger partial charge is 0.484 e. The number of ether oxygens (including phenoxy) is 1. The van der Waals surface area contributed by atoms with E-state index in [9.17, 15) is 9.59 Å². The van der Waals surface area contributed by atoms with Gasteiger partial charge in [-0.2, -0.15) is 0 Å². The minimum atomic E-state index is -0.633. The fourth-order valence-corrected chi connectivity index (χ4v) is 3.62. The Morgan fingerprint density at radius 1 is 1.10 bits per heavy atom. The second-order valence-corrected chi connectivity index (χ2v) is 9.30. The van der Waals surface area contributed by atoms with Gasteiger partial charge >= 0.3 is 0 Å². The standard InChI is InChI=1S/C25H33ClN2O3/c1-7-22(24(30)27-25(4,5)6)28(15-19-10-8-9-11-21(19)26)23(29)16-31-20-13-17(2)12-18(3)14-20/h8-14,22H,7,15-16H2,1-6H3,(H,27,30). The molecule has 0 spiro atoms. The number of nitrogens with zero attached hydrogens (tertiary/aromatic N) is 1. The third-order valence-corrected chi connectivity index (χ3v) is 5.11. The summed E-state index contributed by atoms with van der Waals surface area (Å²) in [6.45, 7) is 11.7. The molecule has 0 saturated heterocycles. The highest BCUT2D eigenvalue weighted by molar-refractivity contribution is 6.31. The number of carbonyl (C=O) groups is 2. The molecule has 0 aliphatic carbocycles. The molecule has 1 atom stereocenters. The molecule has 2 aromatic rings. The molecule has 31 heavy (non-hydrogen) atoms. The van der Waals surface area contributed by atoms with Gasteiger partial charge in [-0.15, -0.1) is 0 Å². The third kappa shape index (κ3) is 7.59. The summed E-state index contributed by atoms with van der Waals surface area (Å²) in [5.74, 6) is 0.174. The molecular weight excluding hydrogens is 412 g/mol. The summed E-state index contributed by atoms with van der Waals surface area (Å²) >= 11 is 6.34. The normalized spacial score (nSPS) is 12.2. The summed E-state index contributed by atoms with van der Waals surface area (Å²) in [6.07, 6.45) is 0.474. The fraction of sp³-hybridized carbons (Fsp3) is 0.440. The Labute approximate surface area is 190 Å².